The summed E-state index contributed by atoms with van der Waals surface area (Å²) in [6.45, 7) is 2.19. The predicted octanol–water partition coefficient (Wildman–Crippen LogP) is 5.67. The van der Waals surface area contributed by atoms with E-state index in [9.17, 15) is 8.78 Å². The van der Waals surface area contributed by atoms with Gasteiger partial charge in [0.25, 0.3) is 0 Å². The molecule has 0 saturated heterocycles. The summed E-state index contributed by atoms with van der Waals surface area (Å²) in [5.41, 5.74) is 2.61. The largest absolute Gasteiger partial charge is 0.375 e. The first-order chi connectivity index (χ1) is 10.1. The van der Waals surface area contributed by atoms with Crippen LogP contribution in [0.2, 0.25) is 5.02 Å². The standard InChI is InChI=1S/C17H16ClF2N/c1-10-6-7-16(13-5-3-2-4-12(10)13)21-17-14(18)8-11(19)9-15(17)20/h2-5,8-10,16,21H,6-7H2,1H3. The smallest absolute Gasteiger partial charge is 0.150 e. The molecule has 4 heteroatoms. The molecule has 2 aromatic carbocycles. The molecule has 0 aliphatic heterocycles. The van der Waals surface area contributed by atoms with E-state index < -0.39 is 11.6 Å². The Balaban J connectivity index is 1.95. The molecule has 1 nitrogen and oxygen atoms in total. The molecular formula is C17H16ClF2N. The zero-order valence-corrected chi connectivity index (χ0v) is 12.4. The highest BCUT2D eigenvalue weighted by Crippen LogP contribution is 2.40. The molecular weight excluding hydrogens is 292 g/mol. The van der Waals surface area contributed by atoms with Crippen LogP contribution in [0.25, 0.3) is 0 Å². The van der Waals surface area contributed by atoms with Gasteiger partial charge in [-0.05, 0) is 36.0 Å². The minimum absolute atomic E-state index is 0.00476. The predicted molar refractivity (Wildman–Crippen MR) is 81.8 cm³/mol. The SMILES string of the molecule is CC1CCC(Nc2c(F)cc(F)cc2Cl)c2ccccc21. The van der Waals surface area contributed by atoms with Gasteiger partial charge in [0.1, 0.15) is 5.82 Å². The van der Waals surface area contributed by atoms with E-state index in [0.717, 1.165) is 30.5 Å². The van der Waals surface area contributed by atoms with E-state index in [1.165, 1.54) is 5.56 Å². The van der Waals surface area contributed by atoms with Crippen molar-refractivity contribution >= 4 is 17.3 Å². The number of hydrogen-bond donors (Lipinski definition) is 1. The molecule has 0 aromatic heterocycles. The highest BCUT2D eigenvalue weighted by atomic mass is 35.5. The molecule has 3 rings (SSSR count). The monoisotopic (exact) mass is 307 g/mol. The maximum absolute atomic E-state index is 13.9. The summed E-state index contributed by atoms with van der Waals surface area (Å²) in [4.78, 5) is 0. The van der Waals surface area contributed by atoms with Crippen LogP contribution in [0, 0.1) is 11.6 Å². The fourth-order valence-corrected chi connectivity index (χ4v) is 3.26. The molecule has 0 heterocycles. The van der Waals surface area contributed by atoms with Crippen LogP contribution < -0.4 is 5.32 Å². The topological polar surface area (TPSA) is 12.0 Å². The molecule has 0 amide bonds. The number of nitrogens with one attached hydrogen (secondary N) is 1. The van der Waals surface area contributed by atoms with Crippen LogP contribution in [0.1, 0.15) is 42.9 Å². The highest BCUT2D eigenvalue weighted by molar-refractivity contribution is 6.33. The Morgan fingerprint density at radius 1 is 1.10 bits per heavy atom. The molecule has 2 atom stereocenters. The fraction of sp³-hybridized carbons (Fsp3) is 0.294. The molecule has 0 bridgehead atoms. The van der Waals surface area contributed by atoms with Crippen LogP contribution in [0.15, 0.2) is 36.4 Å². The summed E-state index contributed by atoms with van der Waals surface area (Å²) in [6.07, 6.45) is 1.92. The quantitative estimate of drug-likeness (QED) is 0.754. The van der Waals surface area contributed by atoms with Crippen molar-refractivity contribution in [1.82, 2.24) is 0 Å². The van der Waals surface area contributed by atoms with Crippen molar-refractivity contribution < 1.29 is 8.78 Å². The average Bonchev–Trinajstić information content (AvgIpc) is 2.45. The Hall–Kier alpha value is -1.61. The summed E-state index contributed by atoms with van der Waals surface area (Å²) in [5.74, 6) is -0.829. The van der Waals surface area contributed by atoms with Crippen LogP contribution in [0.4, 0.5) is 14.5 Å². The van der Waals surface area contributed by atoms with E-state index in [2.05, 4.69) is 24.4 Å². The number of fused-ring (bicyclic) bond motifs is 1. The number of halogens is 3. The van der Waals surface area contributed by atoms with Gasteiger partial charge in [-0.2, -0.15) is 0 Å². The molecule has 0 spiro atoms. The summed E-state index contributed by atoms with van der Waals surface area (Å²) >= 11 is 5.97. The number of benzene rings is 2. The lowest BCUT2D eigenvalue weighted by molar-refractivity contribution is 0.529. The summed E-state index contributed by atoms with van der Waals surface area (Å²) in [6, 6.07) is 10.1. The first-order valence-electron chi connectivity index (χ1n) is 7.06. The van der Waals surface area contributed by atoms with Gasteiger partial charge in [0.15, 0.2) is 5.82 Å². The maximum Gasteiger partial charge on any atom is 0.150 e. The van der Waals surface area contributed by atoms with E-state index in [1.807, 2.05) is 12.1 Å². The van der Waals surface area contributed by atoms with Crippen LogP contribution in [0.3, 0.4) is 0 Å². The molecule has 1 aliphatic rings. The Bertz CT molecular complexity index is 649. The van der Waals surface area contributed by atoms with Gasteiger partial charge < -0.3 is 5.32 Å². The van der Waals surface area contributed by atoms with Crippen LogP contribution in [-0.2, 0) is 0 Å². The van der Waals surface area contributed by atoms with Gasteiger partial charge in [0, 0.05) is 6.07 Å². The van der Waals surface area contributed by atoms with Crippen molar-refractivity contribution in [3.8, 4) is 0 Å². The highest BCUT2D eigenvalue weighted by Gasteiger charge is 2.25. The Morgan fingerprint density at radius 2 is 1.81 bits per heavy atom. The molecule has 1 aliphatic carbocycles. The summed E-state index contributed by atoms with van der Waals surface area (Å²) in [7, 11) is 0. The van der Waals surface area contributed by atoms with E-state index in [1.54, 1.807) is 0 Å². The normalized spacial score (nSPS) is 21.0. The first kappa shape index (κ1) is 14.3. The van der Waals surface area contributed by atoms with Crippen molar-refractivity contribution in [1.29, 1.82) is 0 Å². The third-order valence-electron chi connectivity index (χ3n) is 4.12. The Kier molecular flexibility index (Phi) is 3.85. The first-order valence-corrected chi connectivity index (χ1v) is 7.44. The Morgan fingerprint density at radius 3 is 2.52 bits per heavy atom. The second-order valence-electron chi connectivity index (χ2n) is 5.55. The lowest BCUT2D eigenvalue weighted by Crippen LogP contribution is -2.20. The van der Waals surface area contributed by atoms with Gasteiger partial charge in [-0.1, -0.05) is 42.8 Å². The third-order valence-corrected chi connectivity index (χ3v) is 4.41. The van der Waals surface area contributed by atoms with E-state index in [0.29, 0.717) is 5.92 Å². The second kappa shape index (κ2) is 5.64. The average molecular weight is 308 g/mol. The van der Waals surface area contributed by atoms with Crippen molar-refractivity contribution in [3.05, 3.63) is 64.2 Å². The minimum atomic E-state index is -0.666. The number of rotatable bonds is 2. The zero-order chi connectivity index (χ0) is 15.0. The van der Waals surface area contributed by atoms with Crippen molar-refractivity contribution in [2.24, 2.45) is 0 Å². The van der Waals surface area contributed by atoms with Crippen LogP contribution >= 0.6 is 11.6 Å². The van der Waals surface area contributed by atoms with Crippen molar-refractivity contribution in [2.75, 3.05) is 5.32 Å². The third kappa shape index (κ3) is 2.75. The van der Waals surface area contributed by atoms with Crippen molar-refractivity contribution in [2.45, 2.75) is 31.7 Å². The van der Waals surface area contributed by atoms with E-state index in [4.69, 9.17) is 11.6 Å². The summed E-state index contributed by atoms with van der Waals surface area (Å²) in [5, 5.41) is 3.22. The number of anilines is 1. The van der Waals surface area contributed by atoms with Crippen LogP contribution in [0.5, 0.6) is 0 Å². The molecule has 2 unspecified atom stereocenters. The molecule has 0 radical (unpaired) electrons. The molecule has 0 fully saturated rings. The zero-order valence-electron chi connectivity index (χ0n) is 11.7. The Labute approximate surface area is 127 Å². The molecule has 1 N–H and O–H groups in total. The van der Waals surface area contributed by atoms with Crippen molar-refractivity contribution in [3.63, 3.8) is 0 Å². The maximum atomic E-state index is 13.9. The molecule has 21 heavy (non-hydrogen) atoms. The fourth-order valence-electron chi connectivity index (χ4n) is 3.01. The van der Waals surface area contributed by atoms with Gasteiger partial charge in [0.2, 0.25) is 0 Å². The second-order valence-corrected chi connectivity index (χ2v) is 5.96. The van der Waals surface area contributed by atoms with Gasteiger partial charge >= 0.3 is 0 Å². The van der Waals surface area contributed by atoms with Gasteiger partial charge in [0.05, 0.1) is 16.8 Å². The molecule has 110 valence electrons. The molecule has 2 aromatic rings. The summed E-state index contributed by atoms with van der Waals surface area (Å²) < 4.78 is 27.1. The van der Waals surface area contributed by atoms with Gasteiger partial charge in [-0.25, -0.2) is 8.78 Å². The van der Waals surface area contributed by atoms with Gasteiger partial charge in [-0.15, -0.1) is 0 Å². The minimum Gasteiger partial charge on any atom is -0.375 e. The van der Waals surface area contributed by atoms with E-state index >= 15 is 0 Å². The molecule has 0 saturated carbocycles. The lowest BCUT2D eigenvalue weighted by Gasteiger charge is -2.31. The lowest BCUT2D eigenvalue weighted by atomic mass is 9.81. The van der Waals surface area contributed by atoms with E-state index in [-0.39, 0.29) is 16.8 Å². The van der Waals surface area contributed by atoms with Crippen LogP contribution in [-0.4, -0.2) is 0 Å². The number of hydrogen-bond acceptors (Lipinski definition) is 1. The van der Waals surface area contributed by atoms with Gasteiger partial charge in [-0.3, -0.25) is 0 Å².